The number of para-hydroxylation sites is 1. The molecule has 0 aliphatic carbocycles. The maximum absolute atomic E-state index is 12.2. The Labute approximate surface area is 167 Å². The number of benzene rings is 1. The Balaban J connectivity index is 1.45. The highest BCUT2D eigenvalue weighted by molar-refractivity contribution is 7.99. The van der Waals surface area contributed by atoms with Crippen molar-refractivity contribution in [2.24, 2.45) is 0 Å². The number of nitrogens with zero attached hydrogens (tertiary/aromatic N) is 4. The molecule has 0 atom stereocenters. The monoisotopic (exact) mass is 398 g/mol. The van der Waals surface area contributed by atoms with Gasteiger partial charge in [0.25, 0.3) is 0 Å². The fourth-order valence-corrected chi connectivity index (χ4v) is 4.84. The molecule has 0 unspecified atom stereocenters. The van der Waals surface area contributed by atoms with Crippen LogP contribution in [0.15, 0.2) is 53.0 Å². The molecule has 0 saturated carbocycles. The lowest BCUT2D eigenvalue weighted by atomic mass is 10.3. The second-order valence-corrected chi connectivity index (χ2v) is 8.50. The number of likely N-dealkylation sites (tertiary alicyclic amines) is 1. The van der Waals surface area contributed by atoms with Gasteiger partial charge in [-0.2, -0.15) is 0 Å². The summed E-state index contributed by atoms with van der Waals surface area (Å²) in [4.78, 5) is 15.3. The van der Waals surface area contributed by atoms with Crippen molar-refractivity contribution in [1.29, 1.82) is 0 Å². The zero-order valence-corrected chi connectivity index (χ0v) is 16.7. The molecule has 3 heterocycles. The molecule has 1 aliphatic heterocycles. The summed E-state index contributed by atoms with van der Waals surface area (Å²) in [6.45, 7) is 1.86. The molecule has 1 amide bonds. The summed E-state index contributed by atoms with van der Waals surface area (Å²) in [7, 11) is 0. The first kappa shape index (κ1) is 18.3. The van der Waals surface area contributed by atoms with Crippen LogP contribution in [-0.2, 0) is 4.79 Å². The van der Waals surface area contributed by atoms with Gasteiger partial charge in [0.1, 0.15) is 0 Å². The Morgan fingerprint density at radius 3 is 2.63 bits per heavy atom. The first-order valence-electron chi connectivity index (χ1n) is 9.28. The van der Waals surface area contributed by atoms with E-state index in [1.807, 2.05) is 29.2 Å². The third-order valence-corrected chi connectivity index (χ3v) is 6.50. The van der Waals surface area contributed by atoms with Crippen LogP contribution in [0, 0.1) is 0 Å². The number of amides is 1. The van der Waals surface area contributed by atoms with Gasteiger partial charge < -0.3 is 4.90 Å². The van der Waals surface area contributed by atoms with E-state index in [-0.39, 0.29) is 5.91 Å². The molecule has 3 aromatic rings. The van der Waals surface area contributed by atoms with Gasteiger partial charge in [-0.25, -0.2) is 0 Å². The van der Waals surface area contributed by atoms with Crippen molar-refractivity contribution in [3.05, 3.63) is 47.8 Å². The van der Waals surface area contributed by atoms with Crippen molar-refractivity contribution in [2.75, 3.05) is 18.8 Å². The van der Waals surface area contributed by atoms with Crippen LogP contribution < -0.4 is 0 Å². The number of aromatic nitrogens is 3. The van der Waals surface area contributed by atoms with Gasteiger partial charge in [0.2, 0.25) is 5.91 Å². The molecule has 27 heavy (non-hydrogen) atoms. The predicted octanol–water partition coefficient (Wildman–Crippen LogP) is 4.49. The summed E-state index contributed by atoms with van der Waals surface area (Å²) in [5.74, 6) is 2.01. The summed E-state index contributed by atoms with van der Waals surface area (Å²) in [6.07, 6.45) is 3.76. The highest BCUT2D eigenvalue weighted by atomic mass is 32.2. The molecule has 1 fully saturated rings. The van der Waals surface area contributed by atoms with Crippen LogP contribution in [0.1, 0.15) is 25.7 Å². The van der Waals surface area contributed by atoms with Crippen molar-refractivity contribution in [3.63, 3.8) is 0 Å². The third-order valence-electron chi connectivity index (χ3n) is 4.61. The van der Waals surface area contributed by atoms with Gasteiger partial charge in [-0.1, -0.05) is 36.0 Å². The van der Waals surface area contributed by atoms with Crippen LogP contribution in [-0.4, -0.2) is 44.4 Å². The predicted molar refractivity (Wildman–Crippen MR) is 110 cm³/mol. The lowest BCUT2D eigenvalue weighted by Crippen LogP contribution is -2.27. The first-order chi connectivity index (χ1) is 13.3. The van der Waals surface area contributed by atoms with Gasteiger partial charge in [-0.15, -0.1) is 21.5 Å². The molecule has 2 aromatic heterocycles. The normalized spacial score (nSPS) is 14.0. The summed E-state index contributed by atoms with van der Waals surface area (Å²) in [6, 6.07) is 14.3. The Bertz CT molecular complexity index is 871. The van der Waals surface area contributed by atoms with Crippen molar-refractivity contribution in [2.45, 2.75) is 30.8 Å². The Kier molecular flexibility index (Phi) is 5.89. The Morgan fingerprint density at radius 2 is 1.89 bits per heavy atom. The van der Waals surface area contributed by atoms with Gasteiger partial charge in [0.15, 0.2) is 11.0 Å². The standard InChI is InChI=1S/C20H22N4OS2/c25-18(23-12-4-5-13-23)11-7-15-27-20-22-21-19(17-10-6-14-26-17)24(20)16-8-2-1-3-9-16/h1-3,6,8-10,14H,4-5,7,11-13,15H2. The average molecular weight is 399 g/mol. The molecule has 140 valence electrons. The molecule has 1 aliphatic rings. The van der Waals surface area contributed by atoms with Crippen molar-refractivity contribution < 1.29 is 4.79 Å². The Hall–Kier alpha value is -2.12. The Morgan fingerprint density at radius 1 is 1.07 bits per heavy atom. The molecular formula is C20H22N4OS2. The van der Waals surface area contributed by atoms with E-state index in [9.17, 15) is 4.79 Å². The van der Waals surface area contributed by atoms with Gasteiger partial charge >= 0.3 is 0 Å². The number of carbonyl (C=O) groups excluding carboxylic acids is 1. The molecular weight excluding hydrogens is 376 g/mol. The largest absolute Gasteiger partial charge is 0.343 e. The number of hydrogen-bond donors (Lipinski definition) is 0. The van der Waals surface area contributed by atoms with Crippen LogP contribution in [0.3, 0.4) is 0 Å². The molecule has 0 spiro atoms. The van der Waals surface area contributed by atoms with E-state index in [1.54, 1.807) is 23.1 Å². The number of rotatable bonds is 7. The lowest BCUT2D eigenvalue weighted by molar-refractivity contribution is -0.130. The molecule has 0 N–H and O–H groups in total. The molecule has 0 radical (unpaired) electrons. The van der Waals surface area contributed by atoms with E-state index >= 15 is 0 Å². The molecule has 1 aromatic carbocycles. The summed E-state index contributed by atoms with van der Waals surface area (Å²) >= 11 is 3.33. The van der Waals surface area contributed by atoms with Gasteiger partial charge in [0.05, 0.1) is 4.88 Å². The smallest absolute Gasteiger partial charge is 0.222 e. The fraction of sp³-hybridized carbons (Fsp3) is 0.350. The maximum atomic E-state index is 12.2. The quantitative estimate of drug-likeness (QED) is 0.435. The molecule has 7 heteroatoms. The van der Waals surface area contributed by atoms with Crippen LogP contribution in [0.25, 0.3) is 16.4 Å². The third kappa shape index (κ3) is 4.25. The van der Waals surface area contributed by atoms with E-state index in [2.05, 4.69) is 38.3 Å². The highest BCUT2D eigenvalue weighted by Gasteiger charge is 2.19. The fourth-order valence-electron chi connectivity index (χ4n) is 3.25. The minimum absolute atomic E-state index is 0.289. The second kappa shape index (κ2) is 8.71. The molecule has 0 bridgehead atoms. The number of carbonyl (C=O) groups is 1. The maximum Gasteiger partial charge on any atom is 0.222 e. The molecule has 5 nitrogen and oxygen atoms in total. The highest BCUT2D eigenvalue weighted by Crippen LogP contribution is 2.30. The number of thioether (sulfide) groups is 1. The van der Waals surface area contributed by atoms with Gasteiger partial charge in [-0.05, 0) is 42.8 Å². The second-order valence-electron chi connectivity index (χ2n) is 6.49. The summed E-state index contributed by atoms with van der Waals surface area (Å²) < 4.78 is 2.11. The van der Waals surface area contributed by atoms with E-state index in [0.717, 1.165) is 59.7 Å². The number of hydrogen-bond acceptors (Lipinski definition) is 5. The zero-order chi connectivity index (χ0) is 18.5. The first-order valence-corrected chi connectivity index (χ1v) is 11.1. The average Bonchev–Trinajstić information content (AvgIpc) is 3.47. The van der Waals surface area contributed by atoms with Crippen molar-refractivity contribution >= 4 is 29.0 Å². The van der Waals surface area contributed by atoms with E-state index in [1.165, 1.54) is 0 Å². The lowest BCUT2D eigenvalue weighted by Gasteiger charge is -2.14. The minimum Gasteiger partial charge on any atom is -0.343 e. The summed E-state index contributed by atoms with van der Waals surface area (Å²) in [5, 5.41) is 11.8. The topological polar surface area (TPSA) is 51.0 Å². The summed E-state index contributed by atoms with van der Waals surface area (Å²) in [5.41, 5.74) is 1.06. The van der Waals surface area contributed by atoms with Crippen molar-refractivity contribution in [3.8, 4) is 16.4 Å². The van der Waals surface area contributed by atoms with Crippen LogP contribution >= 0.6 is 23.1 Å². The zero-order valence-electron chi connectivity index (χ0n) is 15.1. The SMILES string of the molecule is O=C(CCCSc1nnc(-c2cccs2)n1-c1ccccc1)N1CCCC1. The van der Waals surface area contributed by atoms with Crippen LogP contribution in [0.5, 0.6) is 0 Å². The number of thiophene rings is 1. The van der Waals surface area contributed by atoms with Crippen LogP contribution in [0.4, 0.5) is 0 Å². The minimum atomic E-state index is 0.289. The van der Waals surface area contributed by atoms with E-state index in [4.69, 9.17) is 0 Å². The van der Waals surface area contributed by atoms with Gasteiger partial charge in [0, 0.05) is 31.0 Å². The van der Waals surface area contributed by atoms with E-state index < -0.39 is 0 Å². The van der Waals surface area contributed by atoms with Gasteiger partial charge in [-0.3, -0.25) is 9.36 Å². The molecule has 4 rings (SSSR count). The van der Waals surface area contributed by atoms with Crippen molar-refractivity contribution in [1.82, 2.24) is 19.7 Å². The molecule has 1 saturated heterocycles. The van der Waals surface area contributed by atoms with E-state index in [0.29, 0.717) is 6.42 Å². The van der Waals surface area contributed by atoms with Crippen LogP contribution in [0.2, 0.25) is 0 Å².